The maximum Gasteiger partial charge on any atom is 0.308 e. The number of hydrogen-bond donors (Lipinski definition) is 1. The molecule has 1 aliphatic rings. The summed E-state index contributed by atoms with van der Waals surface area (Å²) in [4.78, 5) is 39.7. The highest BCUT2D eigenvalue weighted by Crippen LogP contribution is 2.45. The molecule has 0 aromatic heterocycles. The van der Waals surface area contributed by atoms with E-state index in [0.29, 0.717) is 11.3 Å². The Kier molecular flexibility index (Phi) is 7.57. The minimum atomic E-state index is -1.05. The second-order valence-corrected chi connectivity index (χ2v) is 9.17. The number of amides is 1. The van der Waals surface area contributed by atoms with Crippen molar-refractivity contribution in [3.63, 3.8) is 0 Å². The number of Topliss-reactive ketones (excluding diaryl/α,β-unsaturated/α-hetero) is 1. The van der Waals surface area contributed by atoms with E-state index >= 15 is 0 Å². The number of rotatable bonds is 6. The molecule has 0 aliphatic carbocycles. The number of ether oxygens (including phenoxy) is 2. The quantitative estimate of drug-likeness (QED) is 0.133. The first kappa shape index (κ1) is 26.3. The van der Waals surface area contributed by atoms with Gasteiger partial charge in [-0.2, -0.15) is 0 Å². The standard InChI is InChI=1S/C28H23Cl2NO6/c1-4-16-8-10-19(11-9-16)31-24(17-6-5-7-20(12-17)37-15(2)32)23(26(34)28(31)35)25(33)21-13-18(29)14-22(30)27(21)36-3/h5-14,24,33H,4H2,1-3H3/b25-23+. The molecule has 9 heteroatoms. The van der Waals surface area contributed by atoms with Crippen LogP contribution in [-0.4, -0.2) is 29.9 Å². The zero-order valence-electron chi connectivity index (χ0n) is 20.2. The van der Waals surface area contributed by atoms with Crippen LogP contribution in [0, 0.1) is 0 Å². The molecule has 1 heterocycles. The van der Waals surface area contributed by atoms with Crippen LogP contribution in [0.4, 0.5) is 5.69 Å². The summed E-state index contributed by atoms with van der Waals surface area (Å²) in [5, 5.41) is 11.8. The predicted molar refractivity (Wildman–Crippen MR) is 141 cm³/mol. The lowest BCUT2D eigenvalue weighted by molar-refractivity contribution is -0.132. The zero-order chi connectivity index (χ0) is 26.9. The molecule has 1 saturated heterocycles. The molecule has 4 rings (SSSR count). The molecule has 37 heavy (non-hydrogen) atoms. The van der Waals surface area contributed by atoms with E-state index in [2.05, 4.69) is 0 Å². The van der Waals surface area contributed by atoms with Crippen molar-refractivity contribution in [2.24, 2.45) is 0 Å². The molecule has 1 aliphatic heterocycles. The molecule has 190 valence electrons. The van der Waals surface area contributed by atoms with Crippen molar-refractivity contribution in [1.82, 2.24) is 0 Å². The van der Waals surface area contributed by atoms with Gasteiger partial charge >= 0.3 is 5.97 Å². The molecule has 1 atom stereocenters. The van der Waals surface area contributed by atoms with Gasteiger partial charge in [0, 0.05) is 17.6 Å². The highest BCUT2D eigenvalue weighted by atomic mass is 35.5. The van der Waals surface area contributed by atoms with Crippen LogP contribution in [0.3, 0.4) is 0 Å². The largest absolute Gasteiger partial charge is 0.507 e. The van der Waals surface area contributed by atoms with Crippen LogP contribution in [0.1, 0.15) is 36.6 Å². The van der Waals surface area contributed by atoms with Crippen LogP contribution < -0.4 is 14.4 Å². The zero-order valence-corrected chi connectivity index (χ0v) is 21.8. The number of ketones is 1. The van der Waals surface area contributed by atoms with Gasteiger partial charge in [-0.25, -0.2) is 0 Å². The van der Waals surface area contributed by atoms with Crippen molar-refractivity contribution in [1.29, 1.82) is 0 Å². The highest BCUT2D eigenvalue weighted by molar-refractivity contribution is 6.52. The SMILES string of the molecule is CCc1ccc(N2C(=O)C(=O)/C(=C(/O)c3cc(Cl)cc(Cl)c3OC)C2c2cccc(OC(C)=O)c2)cc1. The summed E-state index contributed by atoms with van der Waals surface area (Å²) in [7, 11) is 1.36. The Morgan fingerprint density at radius 1 is 1.05 bits per heavy atom. The molecule has 1 N–H and O–H groups in total. The minimum Gasteiger partial charge on any atom is -0.507 e. The van der Waals surface area contributed by atoms with Gasteiger partial charge in [0.15, 0.2) is 0 Å². The molecular formula is C28H23Cl2NO6. The van der Waals surface area contributed by atoms with Gasteiger partial charge in [0.2, 0.25) is 0 Å². The van der Waals surface area contributed by atoms with Crippen LogP contribution in [0.15, 0.2) is 66.2 Å². The van der Waals surface area contributed by atoms with E-state index in [1.807, 2.05) is 19.1 Å². The van der Waals surface area contributed by atoms with Gasteiger partial charge < -0.3 is 14.6 Å². The fraction of sp³-hybridized carbons (Fsp3) is 0.179. The average Bonchev–Trinajstić information content (AvgIpc) is 3.13. The molecule has 1 amide bonds. The molecule has 0 saturated carbocycles. The van der Waals surface area contributed by atoms with E-state index in [1.165, 1.54) is 31.1 Å². The van der Waals surface area contributed by atoms with E-state index < -0.39 is 29.5 Å². The predicted octanol–water partition coefficient (Wildman–Crippen LogP) is 6.12. The fourth-order valence-corrected chi connectivity index (χ4v) is 4.88. The van der Waals surface area contributed by atoms with Gasteiger partial charge in [-0.15, -0.1) is 0 Å². The third-order valence-corrected chi connectivity index (χ3v) is 6.47. The second-order valence-electron chi connectivity index (χ2n) is 8.32. The van der Waals surface area contributed by atoms with Crippen LogP contribution in [-0.2, 0) is 20.8 Å². The van der Waals surface area contributed by atoms with Gasteiger partial charge in [0.1, 0.15) is 17.3 Å². The summed E-state index contributed by atoms with van der Waals surface area (Å²) in [6.45, 7) is 3.27. The number of aliphatic hydroxyl groups excluding tert-OH is 1. The Morgan fingerprint density at radius 3 is 2.38 bits per heavy atom. The molecule has 7 nitrogen and oxygen atoms in total. The van der Waals surface area contributed by atoms with Crippen molar-refractivity contribution in [3.8, 4) is 11.5 Å². The third kappa shape index (κ3) is 5.05. The van der Waals surface area contributed by atoms with Gasteiger partial charge in [-0.1, -0.05) is 54.4 Å². The monoisotopic (exact) mass is 539 g/mol. The van der Waals surface area contributed by atoms with Gasteiger partial charge in [0.05, 0.1) is 29.3 Å². The third-order valence-electron chi connectivity index (χ3n) is 5.97. The van der Waals surface area contributed by atoms with E-state index in [-0.39, 0.29) is 32.7 Å². The Hall–Kier alpha value is -3.81. The summed E-state index contributed by atoms with van der Waals surface area (Å²) in [6, 6.07) is 15.4. The van der Waals surface area contributed by atoms with Gasteiger partial charge in [-0.3, -0.25) is 19.3 Å². The number of carbonyl (C=O) groups is 3. The fourth-order valence-electron chi connectivity index (χ4n) is 4.31. The smallest absolute Gasteiger partial charge is 0.308 e. The van der Waals surface area contributed by atoms with Crippen molar-refractivity contribution < 1.29 is 29.0 Å². The van der Waals surface area contributed by atoms with Crippen molar-refractivity contribution in [2.45, 2.75) is 26.3 Å². The summed E-state index contributed by atoms with van der Waals surface area (Å²) < 4.78 is 10.6. The number of carbonyl (C=O) groups excluding carboxylic acids is 3. The summed E-state index contributed by atoms with van der Waals surface area (Å²) in [6.07, 6.45) is 0.794. The molecule has 0 spiro atoms. The highest BCUT2D eigenvalue weighted by Gasteiger charge is 2.47. The van der Waals surface area contributed by atoms with E-state index in [0.717, 1.165) is 12.0 Å². The number of aryl methyl sites for hydroxylation is 1. The van der Waals surface area contributed by atoms with Gasteiger partial charge in [-0.05, 0) is 53.9 Å². The van der Waals surface area contributed by atoms with Crippen molar-refractivity contribution in [2.75, 3.05) is 12.0 Å². The number of aliphatic hydroxyl groups is 1. The van der Waals surface area contributed by atoms with E-state index in [9.17, 15) is 19.5 Å². The Balaban J connectivity index is 1.99. The molecule has 0 bridgehead atoms. The first-order chi connectivity index (χ1) is 17.7. The number of nitrogens with zero attached hydrogens (tertiary/aromatic N) is 1. The molecular weight excluding hydrogens is 517 g/mol. The van der Waals surface area contributed by atoms with Crippen LogP contribution in [0.2, 0.25) is 10.0 Å². The van der Waals surface area contributed by atoms with E-state index in [1.54, 1.807) is 36.4 Å². The number of esters is 1. The number of methoxy groups -OCH3 is 1. The molecule has 3 aromatic carbocycles. The number of anilines is 1. The van der Waals surface area contributed by atoms with Crippen LogP contribution in [0.5, 0.6) is 11.5 Å². The van der Waals surface area contributed by atoms with Gasteiger partial charge in [0.25, 0.3) is 11.7 Å². The lowest BCUT2D eigenvalue weighted by Crippen LogP contribution is -2.29. The second kappa shape index (κ2) is 10.7. The molecule has 1 unspecified atom stereocenters. The summed E-state index contributed by atoms with van der Waals surface area (Å²) in [5.74, 6) is -2.46. The minimum absolute atomic E-state index is 0.0560. The maximum absolute atomic E-state index is 13.4. The molecule has 0 radical (unpaired) electrons. The molecule has 1 fully saturated rings. The first-order valence-corrected chi connectivity index (χ1v) is 12.1. The van der Waals surface area contributed by atoms with E-state index in [4.69, 9.17) is 32.7 Å². The van der Waals surface area contributed by atoms with Crippen molar-refractivity contribution in [3.05, 3.63) is 93.0 Å². The number of hydrogen-bond acceptors (Lipinski definition) is 6. The summed E-state index contributed by atoms with van der Waals surface area (Å²) >= 11 is 12.5. The normalized spacial score (nSPS) is 16.7. The Morgan fingerprint density at radius 2 is 1.76 bits per heavy atom. The summed E-state index contributed by atoms with van der Waals surface area (Å²) in [5.41, 5.74) is 1.80. The van der Waals surface area contributed by atoms with Crippen molar-refractivity contribution >= 4 is 52.3 Å². The maximum atomic E-state index is 13.4. The topological polar surface area (TPSA) is 93.1 Å². The number of halogens is 2. The van der Waals surface area contributed by atoms with Crippen LogP contribution >= 0.6 is 23.2 Å². The molecule has 3 aromatic rings. The van der Waals surface area contributed by atoms with Crippen LogP contribution in [0.25, 0.3) is 5.76 Å². The first-order valence-electron chi connectivity index (χ1n) is 11.4. The number of benzene rings is 3. The average molecular weight is 540 g/mol. The Labute approximate surface area is 223 Å². The lowest BCUT2D eigenvalue weighted by atomic mass is 9.94. The lowest BCUT2D eigenvalue weighted by Gasteiger charge is -2.26. The Bertz CT molecular complexity index is 1430.